The van der Waals surface area contributed by atoms with Crippen LogP contribution in [0.25, 0.3) is 10.5 Å². The number of hydrogen-bond acceptors (Lipinski definition) is 2. The Bertz CT molecular complexity index is 966. The van der Waals surface area contributed by atoms with Gasteiger partial charge in [-0.05, 0) is 20.8 Å². The van der Waals surface area contributed by atoms with Crippen LogP contribution >= 0.6 is 9.69 Å². The Labute approximate surface area is 201 Å². The molecule has 167 valence electrons. The minimum atomic E-state index is -3.52. The zero-order valence-corrected chi connectivity index (χ0v) is 21.4. The van der Waals surface area contributed by atoms with Crippen LogP contribution in [0.5, 0.6) is 0 Å². The van der Waals surface area contributed by atoms with Gasteiger partial charge in [-0.3, -0.25) is 0 Å². The monoisotopic (exact) mass is 545 g/mol. The molecule has 3 aromatic carbocycles. The van der Waals surface area contributed by atoms with Gasteiger partial charge in [0.15, 0.2) is 0 Å². The fourth-order valence-electron chi connectivity index (χ4n) is 3.22. The molecule has 0 saturated carbocycles. The Kier molecular flexibility index (Phi) is 12.2. The Morgan fingerprint density at radius 2 is 1.13 bits per heavy atom. The normalized spacial score (nSPS) is 12.5. The Hall–Kier alpha value is -1.56. The van der Waals surface area contributed by atoms with E-state index in [1.54, 1.807) is 12.1 Å². The average Bonchev–Trinajstić information content (AvgIpc) is 2.73. The quantitative estimate of drug-likeness (QED) is 0.320. The van der Waals surface area contributed by atoms with Crippen LogP contribution in [0.15, 0.2) is 78.9 Å². The van der Waals surface area contributed by atoms with E-state index < -0.39 is 22.1 Å². The molecule has 0 saturated heterocycles. The van der Waals surface area contributed by atoms with E-state index >= 15 is 0 Å². The van der Waals surface area contributed by atoms with Gasteiger partial charge in [0, 0.05) is 6.26 Å². The number of rotatable bonds is 5. The molecule has 0 unspecified atom stereocenters. The van der Waals surface area contributed by atoms with E-state index in [0.29, 0.717) is 0 Å². The molecule has 0 heterocycles. The summed E-state index contributed by atoms with van der Waals surface area (Å²) in [5, 5.41) is 0. The van der Waals surface area contributed by atoms with Crippen molar-refractivity contribution in [2.24, 2.45) is 0 Å². The summed E-state index contributed by atoms with van der Waals surface area (Å²) in [7, 11) is 1.05. The molecule has 0 aliphatic carbocycles. The van der Waals surface area contributed by atoms with Crippen molar-refractivity contribution >= 4 is 19.7 Å². The predicted octanol–water partition coefficient (Wildman–Crippen LogP) is 7.15. The van der Waals surface area contributed by atoms with Crippen LogP contribution in [0, 0.1) is 20.8 Å². The summed E-state index contributed by atoms with van der Waals surface area (Å²) < 4.78 is 26.8. The van der Waals surface area contributed by atoms with Crippen molar-refractivity contribution < 1.29 is 25.7 Å². The number of nitrogens with zero attached hydrogens (tertiary/aromatic N) is 1. The van der Waals surface area contributed by atoms with Crippen LogP contribution in [-0.4, -0.2) is 14.7 Å². The van der Waals surface area contributed by atoms with Crippen molar-refractivity contribution in [2.75, 3.05) is 6.26 Å². The Morgan fingerprint density at radius 1 is 0.774 bits per heavy atom. The van der Waals surface area contributed by atoms with Gasteiger partial charge in [-0.1, -0.05) is 107 Å². The maximum absolute atomic E-state index is 11.5. The molecule has 4 nitrogen and oxygen atoms in total. The van der Waals surface area contributed by atoms with Gasteiger partial charge in [-0.25, -0.2) is 8.42 Å². The van der Waals surface area contributed by atoms with E-state index in [2.05, 4.69) is 53.4 Å². The number of halogens is 1. The molecule has 3 rings (SSSR count). The summed E-state index contributed by atoms with van der Waals surface area (Å²) in [6.07, 6.45) is 1.06. The van der Waals surface area contributed by atoms with Gasteiger partial charge >= 0.3 is 27.0 Å². The topological polar surface area (TPSA) is 72.0 Å². The molecule has 0 fully saturated rings. The third-order valence-electron chi connectivity index (χ3n) is 4.29. The van der Waals surface area contributed by atoms with Crippen LogP contribution in [0.4, 0.5) is 0 Å². The maximum atomic E-state index is 11.5. The molecule has 1 N–H and O–H groups in total. The summed E-state index contributed by atoms with van der Waals surface area (Å²) in [6.45, 7) is 6.38. The first-order valence-electron chi connectivity index (χ1n) is 9.57. The molecule has 3 aromatic rings. The van der Waals surface area contributed by atoms with Crippen LogP contribution in [-0.2, 0) is 27.3 Å². The van der Waals surface area contributed by atoms with Gasteiger partial charge in [-0.15, -0.1) is 12.1 Å². The molecule has 0 aromatic heterocycles. The first-order valence-corrected chi connectivity index (χ1v) is 13.7. The molecule has 0 spiro atoms. The van der Waals surface area contributed by atoms with Crippen molar-refractivity contribution in [2.45, 2.75) is 32.9 Å². The van der Waals surface area contributed by atoms with Crippen molar-refractivity contribution in [3.05, 3.63) is 117 Å². The van der Waals surface area contributed by atoms with Crippen molar-refractivity contribution in [3.63, 3.8) is 0 Å². The predicted molar refractivity (Wildman–Crippen MR) is 127 cm³/mol. The van der Waals surface area contributed by atoms with E-state index in [1.165, 1.54) is 16.7 Å². The zero-order valence-electron chi connectivity index (χ0n) is 18.1. The molecule has 0 aliphatic rings. The van der Waals surface area contributed by atoms with E-state index in [0.717, 1.165) is 17.4 Å². The Morgan fingerprint density at radius 3 is 1.48 bits per heavy atom. The fourth-order valence-corrected chi connectivity index (χ4v) is 3.87. The minimum absolute atomic E-state index is 0.724. The van der Waals surface area contributed by atoms with Crippen LogP contribution < -0.4 is 0 Å². The molecular weight excluding hydrogens is 517 g/mol. The second kappa shape index (κ2) is 13.8. The molecule has 31 heavy (non-hydrogen) atoms. The van der Waals surface area contributed by atoms with Gasteiger partial charge in [0.25, 0.3) is 0 Å². The van der Waals surface area contributed by atoms with Gasteiger partial charge in [0.1, 0.15) is 0 Å². The molecule has 0 bridgehead atoms. The van der Waals surface area contributed by atoms with Crippen LogP contribution in [0.1, 0.15) is 39.9 Å². The first-order chi connectivity index (χ1) is 14.7. The first kappa shape index (κ1) is 27.5. The van der Waals surface area contributed by atoms with E-state index in [4.69, 9.17) is 5.73 Å². The van der Waals surface area contributed by atoms with E-state index in [1.807, 2.05) is 65.8 Å². The van der Waals surface area contributed by atoms with E-state index in [-0.39, 0.29) is 0 Å². The number of sulfonamides is 1. The SMILES string of the molecule is CS(=O)(=O)[N-][C@H](c1ccccc1)[C@H]([NH-])c1ccccc1.Cc1cc(C)cc(C)c1.[Cl][Ru+2]. The van der Waals surface area contributed by atoms with Crippen molar-refractivity contribution in [3.8, 4) is 0 Å². The van der Waals surface area contributed by atoms with Crippen molar-refractivity contribution in [1.82, 2.24) is 0 Å². The second-order valence-corrected chi connectivity index (χ2v) is 8.92. The number of hydrogen-bond donors (Lipinski definition) is 0. The van der Waals surface area contributed by atoms with Crippen LogP contribution in [0.3, 0.4) is 0 Å². The van der Waals surface area contributed by atoms with Gasteiger partial charge in [0.05, 0.1) is 10.0 Å². The van der Waals surface area contributed by atoms with Crippen molar-refractivity contribution in [1.29, 1.82) is 0 Å². The molecule has 2 atom stereocenters. The fraction of sp³-hybridized carbons (Fsp3) is 0.250. The summed E-state index contributed by atoms with van der Waals surface area (Å²) in [5.41, 5.74) is 13.9. The summed E-state index contributed by atoms with van der Waals surface area (Å²) >= 11 is 1.82. The molecular formula is C24H28ClN2O2RuS. The molecule has 0 amide bonds. The second-order valence-electron chi connectivity index (χ2n) is 7.25. The Balaban J connectivity index is 0.000000365. The van der Waals surface area contributed by atoms with E-state index in [9.17, 15) is 8.42 Å². The number of nitrogens with one attached hydrogen (secondary N) is 1. The number of aryl methyl sites for hydroxylation is 3. The third-order valence-corrected chi connectivity index (χ3v) is 4.90. The van der Waals surface area contributed by atoms with Gasteiger partial charge in [-0.2, -0.15) is 0 Å². The summed E-state index contributed by atoms with van der Waals surface area (Å²) in [4.78, 5) is 0. The molecule has 0 radical (unpaired) electrons. The summed E-state index contributed by atoms with van der Waals surface area (Å²) in [5.74, 6) is 0. The molecule has 0 aliphatic heterocycles. The van der Waals surface area contributed by atoms with Gasteiger partial charge in [0.2, 0.25) is 0 Å². The van der Waals surface area contributed by atoms with Gasteiger partial charge < -0.3 is 10.5 Å². The average molecular weight is 545 g/mol. The zero-order chi connectivity index (χ0) is 23.4. The van der Waals surface area contributed by atoms with Crippen LogP contribution in [0.2, 0.25) is 0 Å². The molecule has 7 heteroatoms. The third kappa shape index (κ3) is 10.5. The number of benzene rings is 3. The standard InChI is InChI=1S/C15H16N2O2S.C9H12.ClH.Ru/c1-20(18,19)17-15(13-10-6-3-7-11-13)14(16)12-8-4-2-5-9-12;1-7-4-8(2)6-9(3)5-7;;/h2-11,14-16H,1H3;4-6H,1-3H3;1H;/q-2;;;+3/p-1/t14-,15-;;;/m1.../s1. The summed E-state index contributed by atoms with van der Waals surface area (Å²) in [6, 6.07) is 23.3.